The van der Waals surface area contributed by atoms with Crippen molar-refractivity contribution in [1.29, 1.82) is 0 Å². The molecule has 0 N–H and O–H groups in total. The molecule has 1 aromatic heterocycles. The van der Waals surface area contributed by atoms with Gasteiger partial charge in [0.05, 0.1) is 7.11 Å². The van der Waals surface area contributed by atoms with Crippen molar-refractivity contribution in [3.05, 3.63) is 59.3 Å². The molecule has 0 unspecified atom stereocenters. The highest BCUT2D eigenvalue weighted by molar-refractivity contribution is 5.38. The molecular formula is C23H31N3O. The van der Waals surface area contributed by atoms with E-state index >= 15 is 0 Å². The van der Waals surface area contributed by atoms with Crippen LogP contribution in [-0.4, -0.2) is 47.6 Å². The second-order valence-corrected chi connectivity index (χ2v) is 8.38. The van der Waals surface area contributed by atoms with E-state index in [1.807, 2.05) is 6.07 Å². The summed E-state index contributed by atoms with van der Waals surface area (Å²) in [5.41, 5.74) is 4.52. The fourth-order valence-electron chi connectivity index (χ4n) is 4.96. The van der Waals surface area contributed by atoms with Gasteiger partial charge >= 0.3 is 0 Å². The summed E-state index contributed by atoms with van der Waals surface area (Å²) in [5.74, 6) is 0.750. The van der Waals surface area contributed by atoms with Gasteiger partial charge in [0.1, 0.15) is 0 Å². The Bertz CT molecular complexity index is 781. The third-order valence-electron chi connectivity index (χ3n) is 6.43. The number of hydrogen-bond acceptors (Lipinski definition) is 4. The Hall–Kier alpha value is -1.91. The molecular weight excluding hydrogens is 334 g/mol. The molecule has 0 amide bonds. The fraction of sp³-hybridized carbons (Fsp3) is 0.522. The minimum Gasteiger partial charge on any atom is -0.481 e. The van der Waals surface area contributed by atoms with Crippen molar-refractivity contribution >= 4 is 0 Å². The van der Waals surface area contributed by atoms with Crippen molar-refractivity contribution in [3.63, 3.8) is 0 Å². The highest BCUT2D eigenvalue weighted by Gasteiger charge is 2.42. The van der Waals surface area contributed by atoms with E-state index in [0.717, 1.165) is 25.5 Å². The number of piperidine rings is 1. The average Bonchev–Trinajstić information content (AvgIpc) is 2.69. The predicted molar refractivity (Wildman–Crippen MR) is 109 cm³/mol. The smallest absolute Gasteiger partial charge is 0.217 e. The number of hydrogen-bond donors (Lipinski definition) is 0. The molecule has 0 aliphatic carbocycles. The average molecular weight is 366 g/mol. The Balaban J connectivity index is 1.61. The molecule has 1 fully saturated rings. The zero-order valence-electron chi connectivity index (χ0n) is 16.8. The fourth-order valence-corrected chi connectivity index (χ4v) is 4.96. The number of nitrogens with zero attached hydrogens (tertiary/aromatic N) is 3. The minimum atomic E-state index is 0.273. The Morgan fingerprint density at radius 1 is 1.11 bits per heavy atom. The van der Waals surface area contributed by atoms with Crippen LogP contribution in [0.5, 0.6) is 5.88 Å². The van der Waals surface area contributed by atoms with Gasteiger partial charge in [0.2, 0.25) is 5.88 Å². The summed E-state index contributed by atoms with van der Waals surface area (Å²) in [7, 11) is 1.71. The van der Waals surface area contributed by atoms with Gasteiger partial charge in [-0.2, -0.15) is 0 Å². The Labute approximate surface area is 163 Å². The summed E-state index contributed by atoms with van der Waals surface area (Å²) in [6.45, 7) is 10.0. The lowest BCUT2D eigenvalue weighted by Gasteiger charge is -2.49. The van der Waals surface area contributed by atoms with Crippen molar-refractivity contribution in [3.8, 4) is 5.88 Å². The molecule has 4 nitrogen and oxygen atoms in total. The molecule has 27 heavy (non-hydrogen) atoms. The van der Waals surface area contributed by atoms with Crippen LogP contribution in [0.15, 0.2) is 42.6 Å². The number of methoxy groups -OCH3 is 1. The topological polar surface area (TPSA) is 28.6 Å². The maximum atomic E-state index is 5.49. The van der Waals surface area contributed by atoms with Crippen LogP contribution in [0.4, 0.5) is 0 Å². The predicted octanol–water partition coefficient (Wildman–Crippen LogP) is 3.85. The first kappa shape index (κ1) is 18.5. The van der Waals surface area contributed by atoms with Crippen LogP contribution in [0.1, 0.15) is 43.4 Å². The van der Waals surface area contributed by atoms with E-state index in [2.05, 4.69) is 59.0 Å². The van der Waals surface area contributed by atoms with E-state index in [-0.39, 0.29) is 5.41 Å². The van der Waals surface area contributed by atoms with E-state index < -0.39 is 0 Å². The standard InChI is InChI=1S/C23H31N3O/c1-18(2)26-13-10-23(11-14-26)17-25(15-19-7-4-5-9-21(19)23)16-20-8-6-12-24-22(20)27-3/h4-9,12,18H,10-11,13-17H2,1-3H3. The molecule has 1 saturated heterocycles. The molecule has 1 aromatic carbocycles. The molecule has 2 aromatic rings. The van der Waals surface area contributed by atoms with Crippen LogP contribution in [0, 0.1) is 0 Å². The molecule has 3 heterocycles. The largest absolute Gasteiger partial charge is 0.481 e. The lowest BCUT2D eigenvalue weighted by molar-refractivity contribution is 0.0796. The van der Waals surface area contributed by atoms with E-state index in [9.17, 15) is 0 Å². The van der Waals surface area contributed by atoms with E-state index in [1.165, 1.54) is 37.1 Å². The quantitative estimate of drug-likeness (QED) is 0.823. The molecule has 4 rings (SSSR count). The zero-order chi connectivity index (χ0) is 18.9. The Morgan fingerprint density at radius 3 is 2.63 bits per heavy atom. The number of ether oxygens (including phenoxy) is 1. The highest BCUT2D eigenvalue weighted by atomic mass is 16.5. The van der Waals surface area contributed by atoms with Gasteiger partial charge in [-0.1, -0.05) is 30.3 Å². The van der Waals surface area contributed by atoms with E-state index in [0.29, 0.717) is 6.04 Å². The Morgan fingerprint density at radius 2 is 1.89 bits per heavy atom. The second-order valence-electron chi connectivity index (χ2n) is 8.38. The first-order chi connectivity index (χ1) is 13.1. The number of likely N-dealkylation sites (tertiary alicyclic amines) is 1. The van der Waals surface area contributed by atoms with Crippen LogP contribution < -0.4 is 4.74 Å². The summed E-state index contributed by atoms with van der Waals surface area (Å²) >= 11 is 0. The van der Waals surface area contributed by atoms with Crippen molar-refractivity contribution in [2.75, 3.05) is 26.7 Å². The Kier molecular flexibility index (Phi) is 5.20. The van der Waals surface area contributed by atoms with Gasteiger partial charge in [-0.3, -0.25) is 4.90 Å². The number of fused-ring (bicyclic) bond motifs is 2. The van der Waals surface area contributed by atoms with Crippen molar-refractivity contribution < 1.29 is 4.74 Å². The molecule has 2 aliphatic rings. The first-order valence-electron chi connectivity index (χ1n) is 10.1. The molecule has 1 spiro atoms. The van der Waals surface area contributed by atoms with Crippen LogP contribution in [-0.2, 0) is 18.5 Å². The normalized spacial score (nSPS) is 20.0. The SMILES string of the molecule is COc1ncccc1CN1Cc2ccccc2C2(CCN(C(C)C)CC2)C1. The van der Waals surface area contributed by atoms with Crippen LogP contribution >= 0.6 is 0 Å². The van der Waals surface area contributed by atoms with Crippen LogP contribution in [0.25, 0.3) is 0 Å². The van der Waals surface area contributed by atoms with Crippen LogP contribution in [0.3, 0.4) is 0 Å². The third-order valence-corrected chi connectivity index (χ3v) is 6.43. The van der Waals surface area contributed by atoms with E-state index in [4.69, 9.17) is 4.74 Å². The molecule has 0 saturated carbocycles. The molecule has 144 valence electrons. The molecule has 0 radical (unpaired) electrons. The van der Waals surface area contributed by atoms with Gasteiger partial charge in [-0.15, -0.1) is 0 Å². The minimum absolute atomic E-state index is 0.273. The van der Waals surface area contributed by atoms with Gasteiger partial charge in [0, 0.05) is 42.9 Å². The molecule has 0 atom stereocenters. The summed E-state index contributed by atoms with van der Waals surface area (Å²) in [4.78, 5) is 9.60. The van der Waals surface area contributed by atoms with Gasteiger partial charge in [0.15, 0.2) is 0 Å². The number of rotatable bonds is 4. The summed E-state index contributed by atoms with van der Waals surface area (Å²) < 4.78 is 5.49. The first-order valence-corrected chi connectivity index (χ1v) is 10.1. The van der Waals surface area contributed by atoms with Crippen molar-refractivity contribution in [2.45, 2.75) is 51.2 Å². The van der Waals surface area contributed by atoms with Gasteiger partial charge in [0.25, 0.3) is 0 Å². The van der Waals surface area contributed by atoms with Crippen molar-refractivity contribution in [1.82, 2.24) is 14.8 Å². The van der Waals surface area contributed by atoms with Gasteiger partial charge in [-0.05, 0) is 57.0 Å². The monoisotopic (exact) mass is 365 g/mol. The van der Waals surface area contributed by atoms with Gasteiger partial charge < -0.3 is 9.64 Å². The zero-order valence-corrected chi connectivity index (χ0v) is 16.8. The number of aromatic nitrogens is 1. The molecule has 2 aliphatic heterocycles. The molecule has 0 bridgehead atoms. The second kappa shape index (κ2) is 7.61. The maximum absolute atomic E-state index is 5.49. The number of benzene rings is 1. The maximum Gasteiger partial charge on any atom is 0.217 e. The van der Waals surface area contributed by atoms with Crippen LogP contribution in [0.2, 0.25) is 0 Å². The summed E-state index contributed by atoms with van der Waals surface area (Å²) in [6, 6.07) is 13.9. The van der Waals surface area contributed by atoms with Gasteiger partial charge in [-0.25, -0.2) is 4.98 Å². The van der Waals surface area contributed by atoms with Crippen molar-refractivity contribution in [2.24, 2.45) is 0 Å². The highest BCUT2D eigenvalue weighted by Crippen LogP contribution is 2.42. The lowest BCUT2D eigenvalue weighted by Crippen LogP contribution is -2.52. The van der Waals surface area contributed by atoms with E-state index in [1.54, 1.807) is 18.9 Å². The number of pyridine rings is 1. The lowest BCUT2D eigenvalue weighted by atomic mass is 9.68. The third kappa shape index (κ3) is 3.61. The summed E-state index contributed by atoms with van der Waals surface area (Å²) in [5, 5.41) is 0. The molecule has 4 heteroatoms. The summed E-state index contributed by atoms with van der Waals surface area (Å²) in [6.07, 6.45) is 4.28.